The van der Waals surface area contributed by atoms with Crippen LogP contribution in [0.4, 0.5) is 10.7 Å². The van der Waals surface area contributed by atoms with Crippen molar-refractivity contribution in [1.82, 2.24) is 4.31 Å². The van der Waals surface area contributed by atoms with E-state index >= 15 is 0 Å². The third-order valence-electron chi connectivity index (χ3n) is 2.20. The highest BCUT2D eigenvalue weighted by Crippen LogP contribution is 2.37. The molecule has 1 heterocycles. The van der Waals surface area contributed by atoms with E-state index in [1.807, 2.05) is 0 Å². The molecule has 0 spiro atoms. The predicted octanol–water partition coefficient (Wildman–Crippen LogP) is 0.736. The quantitative estimate of drug-likeness (QED) is 0.463. The van der Waals surface area contributed by atoms with Crippen LogP contribution in [-0.2, 0) is 10.0 Å². The van der Waals surface area contributed by atoms with E-state index in [-0.39, 0.29) is 14.9 Å². The molecular weight excluding hydrogens is 306 g/mol. The molecular formula is C9H9N5O4S2. The third-order valence-corrected chi connectivity index (χ3v) is 5.58. The van der Waals surface area contributed by atoms with E-state index in [0.29, 0.717) is 15.6 Å². The number of nitriles is 2. The zero-order valence-corrected chi connectivity index (χ0v) is 11.9. The largest absolute Gasteiger partial charge is 0.374 e. The zero-order chi connectivity index (χ0) is 15.3. The summed E-state index contributed by atoms with van der Waals surface area (Å²) in [5, 5.41) is 30.6. The van der Waals surface area contributed by atoms with E-state index in [0.717, 1.165) is 6.07 Å². The third kappa shape index (κ3) is 3.03. The molecule has 1 aromatic heterocycles. The van der Waals surface area contributed by atoms with Gasteiger partial charge in [0, 0.05) is 13.1 Å². The molecule has 1 aromatic rings. The van der Waals surface area contributed by atoms with E-state index in [9.17, 15) is 18.5 Å². The second-order valence-corrected chi connectivity index (χ2v) is 6.59. The van der Waals surface area contributed by atoms with Gasteiger partial charge in [-0.25, -0.2) is 8.42 Å². The maximum absolute atomic E-state index is 12.2. The van der Waals surface area contributed by atoms with Crippen molar-refractivity contribution < 1.29 is 13.3 Å². The van der Waals surface area contributed by atoms with Crippen molar-refractivity contribution >= 4 is 32.0 Å². The second kappa shape index (κ2) is 6.29. The predicted molar refractivity (Wildman–Crippen MR) is 70.5 cm³/mol. The Labute approximate surface area is 118 Å². The lowest BCUT2D eigenvalue weighted by atomic mass is 10.5. The van der Waals surface area contributed by atoms with Gasteiger partial charge in [0.1, 0.15) is 17.3 Å². The summed E-state index contributed by atoms with van der Waals surface area (Å²) < 4.78 is 24.8. The van der Waals surface area contributed by atoms with Crippen molar-refractivity contribution in [3.8, 4) is 12.1 Å². The summed E-state index contributed by atoms with van der Waals surface area (Å²) in [5.41, 5.74) is -0.370. The van der Waals surface area contributed by atoms with Gasteiger partial charge in [-0.2, -0.15) is 14.8 Å². The molecule has 0 saturated heterocycles. The average molecular weight is 315 g/mol. The summed E-state index contributed by atoms with van der Waals surface area (Å²) in [5.74, 6) is 0. The molecule has 11 heteroatoms. The number of nitrogens with zero attached hydrogens (tertiary/aromatic N) is 4. The Kier molecular flexibility index (Phi) is 4.99. The molecule has 1 N–H and O–H groups in total. The maximum atomic E-state index is 12.2. The number of thiophene rings is 1. The van der Waals surface area contributed by atoms with Crippen LogP contribution in [0.25, 0.3) is 0 Å². The first kappa shape index (κ1) is 15.8. The molecule has 0 unspecified atom stereocenters. The van der Waals surface area contributed by atoms with Gasteiger partial charge in [-0.1, -0.05) is 11.3 Å². The SMILES string of the molecule is CNc1sc(S(=O)(=O)N(CC#N)CC#N)cc1[N+](=O)[O-]. The number of nitro groups is 1. The number of hydrogen-bond acceptors (Lipinski definition) is 8. The first-order chi connectivity index (χ1) is 9.38. The number of hydrogen-bond donors (Lipinski definition) is 1. The van der Waals surface area contributed by atoms with Gasteiger partial charge >= 0.3 is 5.69 Å². The summed E-state index contributed by atoms with van der Waals surface area (Å²) in [6, 6.07) is 4.19. The van der Waals surface area contributed by atoms with E-state index in [2.05, 4.69) is 5.32 Å². The molecule has 0 aliphatic carbocycles. The van der Waals surface area contributed by atoms with Gasteiger partial charge in [-0.05, 0) is 0 Å². The van der Waals surface area contributed by atoms with Gasteiger partial charge in [0.05, 0.1) is 17.1 Å². The van der Waals surface area contributed by atoms with Crippen LogP contribution in [0.3, 0.4) is 0 Å². The van der Waals surface area contributed by atoms with Gasteiger partial charge in [-0.3, -0.25) is 10.1 Å². The van der Waals surface area contributed by atoms with Crippen LogP contribution in [-0.4, -0.2) is 37.8 Å². The standard InChI is InChI=1S/C9H9N5O4S2/c1-12-9-7(14(15)16)6-8(19-9)20(17,18)13(4-2-10)5-3-11/h6,12H,4-5H2,1H3. The summed E-state index contributed by atoms with van der Waals surface area (Å²) in [6.45, 7) is -1.01. The Morgan fingerprint density at radius 3 is 2.35 bits per heavy atom. The van der Waals surface area contributed by atoms with Crippen molar-refractivity contribution in [2.24, 2.45) is 0 Å². The minimum Gasteiger partial charge on any atom is -0.374 e. The minimum absolute atomic E-state index is 0.0856. The molecule has 0 aromatic carbocycles. The Morgan fingerprint density at radius 1 is 1.45 bits per heavy atom. The molecule has 0 saturated carbocycles. The molecule has 0 amide bonds. The van der Waals surface area contributed by atoms with Gasteiger partial charge < -0.3 is 5.32 Å². The van der Waals surface area contributed by atoms with E-state index in [1.54, 1.807) is 12.1 Å². The molecule has 0 aliphatic heterocycles. The average Bonchev–Trinajstić information content (AvgIpc) is 2.83. The second-order valence-electron chi connectivity index (χ2n) is 3.38. The normalized spacial score (nSPS) is 10.8. The molecule has 0 fully saturated rings. The number of anilines is 1. The fourth-order valence-corrected chi connectivity index (χ4v) is 3.98. The summed E-state index contributed by atoms with van der Waals surface area (Å²) in [4.78, 5) is 10.1. The van der Waals surface area contributed by atoms with Gasteiger partial charge in [0.15, 0.2) is 5.00 Å². The molecule has 0 aliphatic rings. The van der Waals surface area contributed by atoms with Crippen LogP contribution in [0.2, 0.25) is 0 Å². The molecule has 0 bridgehead atoms. The van der Waals surface area contributed by atoms with Crippen molar-refractivity contribution in [2.45, 2.75) is 4.21 Å². The highest BCUT2D eigenvalue weighted by molar-refractivity contribution is 7.91. The van der Waals surface area contributed by atoms with E-state index in [1.165, 1.54) is 7.05 Å². The molecule has 1 rings (SSSR count). The Morgan fingerprint density at radius 2 is 2.00 bits per heavy atom. The summed E-state index contributed by atoms with van der Waals surface area (Å²) in [7, 11) is -2.68. The van der Waals surface area contributed by atoms with Gasteiger partial charge in [-0.15, -0.1) is 0 Å². The van der Waals surface area contributed by atoms with Crippen molar-refractivity contribution in [1.29, 1.82) is 10.5 Å². The van der Waals surface area contributed by atoms with Gasteiger partial charge in [0.2, 0.25) is 0 Å². The van der Waals surface area contributed by atoms with Crippen LogP contribution in [0.1, 0.15) is 0 Å². The molecule has 20 heavy (non-hydrogen) atoms. The topological polar surface area (TPSA) is 140 Å². The number of sulfonamides is 1. The fraction of sp³-hybridized carbons (Fsp3) is 0.333. The molecule has 106 valence electrons. The lowest BCUT2D eigenvalue weighted by Crippen LogP contribution is -2.31. The maximum Gasteiger partial charge on any atom is 0.304 e. The lowest BCUT2D eigenvalue weighted by Gasteiger charge is -2.13. The minimum atomic E-state index is -4.11. The van der Waals surface area contributed by atoms with E-state index < -0.39 is 28.0 Å². The lowest BCUT2D eigenvalue weighted by molar-refractivity contribution is -0.383. The fourth-order valence-electron chi connectivity index (χ4n) is 1.31. The van der Waals surface area contributed by atoms with Crippen molar-refractivity contribution in [2.75, 3.05) is 25.5 Å². The highest BCUT2D eigenvalue weighted by Gasteiger charge is 2.30. The Bertz CT molecular complexity index is 681. The monoisotopic (exact) mass is 315 g/mol. The van der Waals surface area contributed by atoms with Crippen molar-refractivity contribution in [3.63, 3.8) is 0 Å². The van der Waals surface area contributed by atoms with Gasteiger partial charge in [0.25, 0.3) is 10.0 Å². The summed E-state index contributed by atoms with van der Waals surface area (Å²) >= 11 is 0.674. The smallest absolute Gasteiger partial charge is 0.304 e. The van der Waals surface area contributed by atoms with Crippen LogP contribution < -0.4 is 5.32 Å². The molecule has 0 atom stereocenters. The van der Waals surface area contributed by atoms with Crippen LogP contribution in [0.15, 0.2) is 10.3 Å². The van der Waals surface area contributed by atoms with E-state index in [4.69, 9.17) is 10.5 Å². The first-order valence-electron chi connectivity index (χ1n) is 5.08. The first-order valence-corrected chi connectivity index (χ1v) is 7.34. The zero-order valence-electron chi connectivity index (χ0n) is 10.2. The van der Waals surface area contributed by atoms with Crippen LogP contribution in [0, 0.1) is 32.8 Å². The molecule has 9 nitrogen and oxygen atoms in total. The Balaban J connectivity index is 3.32. The van der Waals surface area contributed by atoms with Crippen LogP contribution in [0.5, 0.6) is 0 Å². The Hall–Kier alpha value is -2.21. The summed E-state index contributed by atoms with van der Waals surface area (Å²) in [6.07, 6.45) is 0. The number of rotatable bonds is 6. The molecule has 0 radical (unpaired) electrons. The highest BCUT2D eigenvalue weighted by atomic mass is 32.2. The number of nitrogens with one attached hydrogen (secondary N) is 1. The van der Waals surface area contributed by atoms with Crippen LogP contribution >= 0.6 is 11.3 Å². The van der Waals surface area contributed by atoms with Crippen molar-refractivity contribution in [3.05, 3.63) is 16.2 Å².